The minimum Gasteiger partial charge on any atom is -0.357 e. The van der Waals surface area contributed by atoms with Gasteiger partial charge in [-0.05, 0) is 43.2 Å². The quantitative estimate of drug-likeness (QED) is 0.235. The molecule has 1 aliphatic rings. The van der Waals surface area contributed by atoms with Gasteiger partial charge in [0, 0.05) is 34.3 Å². The molecule has 1 heterocycles. The van der Waals surface area contributed by atoms with Crippen molar-refractivity contribution in [1.82, 2.24) is 10.3 Å². The van der Waals surface area contributed by atoms with Crippen molar-refractivity contribution < 1.29 is 19.3 Å². The molecule has 0 saturated heterocycles. The number of nitro benzene ring substituents is 1. The van der Waals surface area contributed by atoms with E-state index in [1.807, 2.05) is 6.92 Å². The summed E-state index contributed by atoms with van der Waals surface area (Å²) in [7, 11) is 0. The molecule has 0 unspecified atom stereocenters. The third kappa shape index (κ3) is 3.66. The molecule has 36 heavy (non-hydrogen) atoms. The first-order valence-electron chi connectivity index (χ1n) is 10.9. The second-order valence-corrected chi connectivity index (χ2v) is 9.17. The third-order valence-electron chi connectivity index (χ3n) is 6.32. The second kappa shape index (κ2) is 8.89. The van der Waals surface area contributed by atoms with Gasteiger partial charge in [-0.3, -0.25) is 24.5 Å². The van der Waals surface area contributed by atoms with Crippen molar-refractivity contribution >= 4 is 57.3 Å². The topological polar surface area (TPSA) is 122 Å². The van der Waals surface area contributed by atoms with E-state index in [9.17, 15) is 24.5 Å². The van der Waals surface area contributed by atoms with Gasteiger partial charge in [0.25, 0.3) is 11.6 Å². The summed E-state index contributed by atoms with van der Waals surface area (Å²) in [4.78, 5) is 53.5. The number of hydrogen-bond acceptors (Lipinski definition) is 5. The molecule has 0 radical (unpaired) electrons. The summed E-state index contributed by atoms with van der Waals surface area (Å²) in [5, 5.41) is 16.5. The van der Waals surface area contributed by atoms with Gasteiger partial charge in [0.2, 0.25) is 5.78 Å². The number of hydrogen-bond donors (Lipinski definition) is 2. The van der Waals surface area contributed by atoms with Crippen LogP contribution in [0.15, 0.2) is 48.5 Å². The van der Waals surface area contributed by atoms with Gasteiger partial charge in [0.05, 0.1) is 20.5 Å². The van der Waals surface area contributed by atoms with Gasteiger partial charge in [-0.1, -0.05) is 47.5 Å². The molecular weight excluding hydrogens is 505 g/mol. The van der Waals surface area contributed by atoms with Crippen LogP contribution in [0.5, 0.6) is 0 Å². The number of nitrogens with one attached hydrogen (secondary N) is 2. The molecule has 8 nitrogen and oxygen atoms in total. The number of amides is 1. The fraction of sp³-hybridized carbons (Fsp3) is 0.115. The SMILES string of the molecule is Cc1[nH]c2c(Cl)ccc(Cl)c2c1CCNC(=O)c1ccc2c(c1[N+](=O)[O-])C(=O)c1ccccc1C2=O. The van der Waals surface area contributed by atoms with E-state index in [1.165, 1.54) is 24.3 Å². The van der Waals surface area contributed by atoms with Crippen LogP contribution >= 0.6 is 23.2 Å². The first-order valence-corrected chi connectivity index (χ1v) is 11.7. The molecule has 0 bridgehead atoms. The number of nitrogens with zero attached hydrogens (tertiary/aromatic N) is 1. The number of fused-ring (bicyclic) bond motifs is 3. The van der Waals surface area contributed by atoms with Crippen molar-refractivity contribution in [2.75, 3.05) is 6.54 Å². The number of aromatic nitrogens is 1. The van der Waals surface area contributed by atoms with E-state index in [2.05, 4.69) is 10.3 Å². The lowest BCUT2D eigenvalue weighted by molar-refractivity contribution is -0.385. The highest BCUT2D eigenvalue weighted by atomic mass is 35.5. The first kappa shape index (κ1) is 23.7. The Morgan fingerprint density at radius 3 is 2.33 bits per heavy atom. The number of ketones is 2. The molecule has 5 rings (SSSR count). The fourth-order valence-corrected chi connectivity index (χ4v) is 5.15. The zero-order chi connectivity index (χ0) is 25.7. The number of H-pyrrole nitrogens is 1. The molecule has 3 aromatic carbocycles. The Morgan fingerprint density at radius 2 is 1.64 bits per heavy atom. The van der Waals surface area contributed by atoms with Gasteiger partial charge in [-0.15, -0.1) is 0 Å². The van der Waals surface area contributed by atoms with Crippen LogP contribution in [0.1, 0.15) is 53.5 Å². The standard InChI is InChI=1S/C26H17Cl2N3O5/c1-12-13(20-18(27)8-9-19(28)22(20)30-12)10-11-29-26(34)17-7-6-16-21(23(17)31(35)36)25(33)15-5-3-2-4-14(15)24(16)32/h2-9,30H,10-11H2,1H3,(H,29,34). The fourth-order valence-electron chi connectivity index (χ4n) is 4.67. The molecule has 180 valence electrons. The summed E-state index contributed by atoms with van der Waals surface area (Å²) in [6.07, 6.45) is 0.376. The van der Waals surface area contributed by atoms with Gasteiger partial charge in [-0.25, -0.2) is 0 Å². The monoisotopic (exact) mass is 521 g/mol. The van der Waals surface area contributed by atoms with Crippen molar-refractivity contribution in [2.24, 2.45) is 0 Å². The molecular formula is C26H17Cl2N3O5. The molecule has 0 saturated carbocycles. The molecule has 1 aliphatic carbocycles. The summed E-state index contributed by atoms with van der Waals surface area (Å²) >= 11 is 12.6. The summed E-state index contributed by atoms with van der Waals surface area (Å²) in [6.45, 7) is 2.00. The minimum atomic E-state index is -0.793. The predicted molar refractivity (Wildman–Crippen MR) is 135 cm³/mol. The van der Waals surface area contributed by atoms with E-state index in [0.29, 0.717) is 22.0 Å². The van der Waals surface area contributed by atoms with E-state index in [1.54, 1.807) is 24.3 Å². The number of aromatic amines is 1. The molecule has 0 spiro atoms. The minimum absolute atomic E-state index is 0.0704. The van der Waals surface area contributed by atoms with E-state index >= 15 is 0 Å². The Kier molecular flexibility index (Phi) is 5.86. The summed E-state index contributed by atoms with van der Waals surface area (Å²) in [6, 6.07) is 12.0. The lowest BCUT2D eigenvalue weighted by Crippen LogP contribution is -2.29. The average molecular weight is 522 g/mol. The summed E-state index contributed by atoms with van der Waals surface area (Å²) in [5.74, 6) is -1.90. The number of nitro groups is 1. The largest absolute Gasteiger partial charge is 0.357 e. The van der Waals surface area contributed by atoms with Crippen LogP contribution in [0, 0.1) is 17.0 Å². The van der Waals surface area contributed by atoms with Crippen molar-refractivity contribution in [1.29, 1.82) is 0 Å². The number of halogens is 2. The van der Waals surface area contributed by atoms with Gasteiger partial charge in [-0.2, -0.15) is 0 Å². The molecule has 0 aliphatic heterocycles. The van der Waals surface area contributed by atoms with Crippen LogP contribution in [0.2, 0.25) is 10.0 Å². The number of carbonyl (C=O) groups is 3. The molecule has 10 heteroatoms. The Hall–Kier alpha value is -4.01. The third-order valence-corrected chi connectivity index (χ3v) is 6.95. The van der Waals surface area contributed by atoms with Crippen LogP contribution in [-0.2, 0) is 6.42 Å². The Labute approximate surface area is 214 Å². The second-order valence-electron chi connectivity index (χ2n) is 8.36. The Morgan fingerprint density at radius 1 is 0.972 bits per heavy atom. The van der Waals surface area contributed by atoms with Crippen molar-refractivity contribution in [3.63, 3.8) is 0 Å². The first-order chi connectivity index (χ1) is 17.2. The smallest absolute Gasteiger partial charge is 0.294 e. The molecule has 1 amide bonds. The van der Waals surface area contributed by atoms with Gasteiger partial charge in [0.15, 0.2) is 5.78 Å². The lowest BCUT2D eigenvalue weighted by Gasteiger charge is -2.18. The maximum atomic E-state index is 13.1. The summed E-state index contributed by atoms with van der Waals surface area (Å²) < 4.78 is 0. The van der Waals surface area contributed by atoms with Gasteiger partial charge >= 0.3 is 0 Å². The molecule has 4 aromatic rings. The van der Waals surface area contributed by atoms with Gasteiger partial charge < -0.3 is 10.3 Å². The van der Waals surface area contributed by atoms with Crippen molar-refractivity contribution in [3.8, 4) is 0 Å². The molecule has 0 atom stereocenters. The van der Waals surface area contributed by atoms with E-state index in [-0.39, 0.29) is 34.4 Å². The van der Waals surface area contributed by atoms with Crippen molar-refractivity contribution in [2.45, 2.75) is 13.3 Å². The zero-order valence-corrected chi connectivity index (χ0v) is 20.3. The molecule has 1 aromatic heterocycles. The predicted octanol–water partition coefficient (Wildman–Crippen LogP) is 5.44. The lowest BCUT2D eigenvalue weighted by atomic mass is 9.82. The van der Waals surface area contributed by atoms with E-state index < -0.39 is 28.1 Å². The zero-order valence-electron chi connectivity index (χ0n) is 18.8. The van der Waals surface area contributed by atoms with Crippen LogP contribution in [-0.4, -0.2) is 33.9 Å². The van der Waals surface area contributed by atoms with Crippen molar-refractivity contribution in [3.05, 3.63) is 108 Å². The normalized spacial score (nSPS) is 12.4. The van der Waals surface area contributed by atoms with Crippen LogP contribution < -0.4 is 5.32 Å². The van der Waals surface area contributed by atoms with Crippen LogP contribution in [0.3, 0.4) is 0 Å². The highest BCUT2D eigenvalue weighted by Crippen LogP contribution is 2.36. The number of carbonyl (C=O) groups excluding carboxylic acids is 3. The highest BCUT2D eigenvalue weighted by Gasteiger charge is 2.38. The summed E-state index contributed by atoms with van der Waals surface area (Å²) in [5.41, 5.74) is 1.18. The number of rotatable bonds is 5. The average Bonchev–Trinajstić information content (AvgIpc) is 3.21. The van der Waals surface area contributed by atoms with Gasteiger partial charge in [0.1, 0.15) is 11.1 Å². The highest BCUT2D eigenvalue weighted by molar-refractivity contribution is 6.40. The number of benzene rings is 3. The maximum Gasteiger partial charge on any atom is 0.294 e. The van der Waals surface area contributed by atoms with Crippen LogP contribution in [0.4, 0.5) is 5.69 Å². The Bertz CT molecular complexity index is 1640. The molecule has 2 N–H and O–H groups in total. The van der Waals surface area contributed by atoms with E-state index in [0.717, 1.165) is 16.6 Å². The molecule has 0 fully saturated rings. The van der Waals surface area contributed by atoms with E-state index in [4.69, 9.17) is 23.2 Å². The maximum absolute atomic E-state index is 13.1. The van der Waals surface area contributed by atoms with Crippen LogP contribution in [0.25, 0.3) is 10.9 Å². The Balaban J connectivity index is 1.46. The number of aryl methyl sites for hydroxylation is 1.